The second kappa shape index (κ2) is 7.24. The van der Waals surface area contributed by atoms with Crippen molar-refractivity contribution < 1.29 is 14.6 Å². The van der Waals surface area contributed by atoms with Crippen LogP contribution in [0.15, 0.2) is 18.3 Å². The zero-order chi connectivity index (χ0) is 11.8. The summed E-state index contributed by atoms with van der Waals surface area (Å²) in [6.07, 6.45) is 2.48. The molecule has 0 aliphatic rings. The van der Waals surface area contributed by atoms with E-state index in [1.165, 1.54) is 6.20 Å². The minimum Gasteiger partial charge on any atom is -0.477 e. The predicted octanol–water partition coefficient (Wildman–Crippen LogP) is 2.05. The van der Waals surface area contributed by atoms with E-state index in [1.54, 1.807) is 31.0 Å². The van der Waals surface area contributed by atoms with Crippen LogP contribution in [0.5, 0.6) is 0 Å². The lowest BCUT2D eigenvalue weighted by Crippen LogP contribution is -2.04. The van der Waals surface area contributed by atoms with Gasteiger partial charge in [0.05, 0.1) is 0 Å². The monoisotopic (exact) mass is 241 g/mol. The number of carbonyl (C=O) groups is 1. The van der Waals surface area contributed by atoms with Gasteiger partial charge in [0.15, 0.2) is 5.69 Å². The number of aromatic carboxylic acids is 1. The fourth-order valence-electron chi connectivity index (χ4n) is 1.24. The van der Waals surface area contributed by atoms with Gasteiger partial charge in [0.1, 0.15) is 0 Å². The molecule has 16 heavy (non-hydrogen) atoms. The summed E-state index contributed by atoms with van der Waals surface area (Å²) in [4.78, 5) is 14.7. The third-order valence-electron chi connectivity index (χ3n) is 1.99. The molecule has 1 rings (SSSR count). The van der Waals surface area contributed by atoms with Crippen molar-refractivity contribution in [3.05, 3.63) is 29.6 Å². The van der Waals surface area contributed by atoms with E-state index in [2.05, 4.69) is 4.98 Å². The molecule has 0 unspecified atom stereocenters. The highest BCUT2D eigenvalue weighted by molar-refractivity contribution is 7.98. The van der Waals surface area contributed by atoms with Crippen LogP contribution < -0.4 is 0 Å². The minimum absolute atomic E-state index is 0.154. The van der Waals surface area contributed by atoms with Gasteiger partial charge in [0.25, 0.3) is 0 Å². The van der Waals surface area contributed by atoms with Crippen molar-refractivity contribution in [3.8, 4) is 0 Å². The first-order valence-electron chi connectivity index (χ1n) is 4.99. The average molecular weight is 241 g/mol. The first-order valence-corrected chi connectivity index (χ1v) is 6.15. The molecule has 0 fully saturated rings. The lowest BCUT2D eigenvalue weighted by Gasteiger charge is -2.04. The summed E-state index contributed by atoms with van der Waals surface area (Å²) in [6.45, 7) is 0.742. The Morgan fingerprint density at radius 1 is 1.62 bits per heavy atom. The molecule has 5 heteroatoms. The average Bonchev–Trinajstić information content (AvgIpc) is 2.29. The molecule has 0 atom stereocenters. The molecule has 1 heterocycles. The SMILES string of the molecule is COCCCSCc1cccnc1C(=O)O. The topological polar surface area (TPSA) is 59.4 Å². The predicted molar refractivity (Wildman–Crippen MR) is 63.9 cm³/mol. The summed E-state index contributed by atoms with van der Waals surface area (Å²) in [7, 11) is 1.67. The number of ether oxygens (including phenoxy) is 1. The molecule has 0 aliphatic carbocycles. The second-order valence-electron chi connectivity index (χ2n) is 3.22. The van der Waals surface area contributed by atoms with E-state index in [-0.39, 0.29) is 5.69 Å². The van der Waals surface area contributed by atoms with Gasteiger partial charge < -0.3 is 9.84 Å². The highest BCUT2D eigenvalue weighted by atomic mass is 32.2. The largest absolute Gasteiger partial charge is 0.477 e. The fourth-order valence-corrected chi connectivity index (χ4v) is 2.15. The number of pyridine rings is 1. The van der Waals surface area contributed by atoms with Crippen LogP contribution in [-0.4, -0.2) is 35.5 Å². The molecule has 88 valence electrons. The molecular formula is C11H15NO3S. The lowest BCUT2D eigenvalue weighted by molar-refractivity contribution is 0.0689. The molecule has 4 nitrogen and oxygen atoms in total. The minimum atomic E-state index is -0.965. The number of thioether (sulfide) groups is 1. The summed E-state index contributed by atoms with van der Waals surface area (Å²) in [5, 5.41) is 8.91. The van der Waals surface area contributed by atoms with Gasteiger partial charge in [-0.3, -0.25) is 0 Å². The number of nitrogens with zero attached hydrogens (tertiary/aromatic N) is 1. The smallest absolute Gasteiger partial charge is 0.354 e. The van der Waals surface area contributed by atoms with Crippen LogP contribution in [0.2, 0.25) is 0 Å². The maximum Gasteiger partial charge on any atom is 0.354 e. The van der Waals surface area contributed by atoms with Gasteiger partial charge in [0, 0.05) is 25.7 Å². The van der Waals surface area contributed by atoms with Crippen LogP contribution >= 0.6 is 11.8 Å². The van der Waals surface area contributed by atoms with Crippen molar-refractivity contribution in [1.82, 2.24) is 4.98 Å². The number of hydrogen-bond donors (Lipinski definition) is 1. The van der Waals surface area contributed by atoms with Crippen molar-refractivity contribution in [2.75, 3.05) is 19.5 Å². The first-order chi connectivity index (χ1) is 7.75. The van der Waals surface area contributed by atoms with Crippen LogP contribution in [0.1, 0.15) is 22.5 Å². The molecule has 0 aromatic carbocycles. The summed E-state index contributed by atoms with van der Waals surface area (Å²) < 4.78 is 4.94. The molecule has 0 spiro atoms. The van der Waals surface area contributed by atoms with E-state index >= 15 is 0 Å². The molecule has 0 bridgehead atoms. The van der Waals surface area contributed by atoms with Crippen molar-refractivity contribution in [2.45, 2.75) is 12.2 Å². The molecule has 0 radical (unpaired) electrons. The second-order valence-corrected chi connectivity index (χ2v) is 4.32. The number of methoxy groups -OCH3 is 1. The number of carboxylic acids is 1. The van der Waals surface area contributed by atoms with Gasteiger partial charge in [-0.2, -0.15) is 11.8 Å². The Morgan fingerprint density at radius 3 is 3.12 bits per heavy atom. The summed E-state index contributed by atoms with van der Waals surface area (Å²) in [5.74, 6) is 0.675. The van der Waals surface area contributed by atoms with Crippen molar-refractivity contribution in [2.24, 2.45) is 0 Å². The molecule has 0 saturated heterocycles. The van der Waals surface area contributed by atoms with E-state index in [1.807, 2.05) is 0 Å². The molecule has 0 amide bonds. The molecule has 0 aliphatic heterocycles. The van der Waals surface area contributed by atoms with Crippen molar-refractivity contribution in [3.63, 3.8) is 0 Å². The van der Waals surface area contributed by atoms with Crippen LogP contribution in [0.25, 0.3) is 0 Å². The van der Waals surface area contributed by atoms with E-state index in [4.69, 9.17) is 9.84 Å². The standard InChI is InChI=1S/C11H15NO3S/c1-15-6-3-7-16-8-9-4-2-5-12-10(9)11(13)14/h2,4-5H,3,6-8H2,1H3,(H,13,14). The molecule has 1 aromatic rings. The molecule has 1 N–H and O–H groups in total. The van der Waals surface area contributed by atoms with E-state index in [9.17, 15) is 4.79 Å². The van der Waals surface area contributed by atoms with Crippen LogP contribution in [0.3, 0.4) is 0 Å². The number of rotatable bonds is 7. The van der Waals surface area contributed by atoms with Crippen LogP contribution in [-0.2, 0) is 10.5 Å². The van der Waals surface area contributed by atoms with E-state index in [0.29, 0.717) is 5.75 Å². The summed E-state index contributed by atoms with van der Waals surface area (Å²) in [6, 6.07) is 3.57. The Hall–Kier alpha value is -1.07. The molecular weight excluding hydrogens is 226 g/mol. The molecule has 1 aromatic heterocycles. The number of hydrogen-bond acceptors (Lipinski definition) is 4. The highest BCUT2D eigenvalue weighted by Crippen LogP contribution is 2.15. The Bertz CT molecular complexity index is 344. The van der Waals surface area contributed by atoms with Gasteiger partial charge in [0.2, 0.25) is 0 Å². The number of carboxylic acid groups (broad SMARTS) is 1. The Labute approximate surface area is 99.0 Å². The molecule has 0 saturated carbocycles. The summed E-state index contributed by atoms with van der Waals surface area (Å²) >= 11 is 1.69. The van der Waals surface area contributed by atoms with Gasteiger partial charge in [-0.05, 0) is 23.8 Å². The van der Waals surface area contributed by atoms with Gasteiger partial charge >= 0.3 is 5.97 Å². The van der Waals surface area contributed by atoms with E-state index in [0.717, 1.165) is 24.3 Å². The van der Waals surface area contributed by atoms with Crippen LogP contribution in [0, 0.1) is 0 Å². The van der Waals surface area contributed by atoms with Gasteiger partial charge in [-0.15, -0.1) is 0 Å². The fraction of sp³-hybridized carbons (Fsp3) is 0.455. The zero-order valence-corrected chi connectivity index (χ0v) is 10.00. The Balaban J connectivity index is 2.44. The normalized spacial score (nSPS) is 10.3. The lowest BCUT2D eigenvalue weighted by atomic mass is 10.2. The van der Waals surface area contributed by atoms with Gasteiger partial charge in [-0.1, -0.05) is 6.07 Å². The van der Waals surface area contributed by atoms with Crippen molar-refractivity contribution in [1.29, 1.82) is 0 Å². The van der Waals surface area contributed by atoms with E-state index < -0.39 is 5.97 Å². The maximum atomic E-state index is 10.9. The third kappa shape index (κ3) is 4.20. The Morgan fingerprint density at radius 2 is 2.44 bits per heavy atom. The zero-order valence-electron chi connectivity index (χ0n) is 9.18. The number of aromatic nitrogens is 1. The highest BCUT2D eigenvalue weighted by Gasteiger charge is 2.10. The quantitative estimate of drug-likeness (QED) is 0.740. The Kier molecular flexibility index (Phi) is 5.88. The van der Waals surface area contributed by atoms with Crippen LogP contribution in [0.4, 0.5) is 0 Å². The van der Waals surface area contributed by atoms with Gasteiger partial charge in [-0.25, -0.2) is 9.78 Å². The summed E-state index contributed by atoms with van der Waals surface area (Å²) in [5.41, 5.74) is 0.930. The first kappa shape index (κ1) is 13.0. The maximum absolute atomic E-state index is 10.9. The third-order valence-corrected chi connectivity index (χ3v) is 3.08. The van der Waals surface area contributed by atoms with Crippen molar-refractivity contribution >= 4 is 17.7 Å².